The molecule has 0 fully saturated rings. The molecular weight excluding hydrogens is 288 g/mol. The van der Waals surface area contributed by atoms with Crippen molar-refractivity contribution in [3.63, 3.8) is 0 Å². The van der Waals surface area contributed by atoms with Crippen LogP contribution in [0.2, 0.25) is 0 Å². The van der Waals surface area contributed by atoms with Gasteiger partial charge in [-0.15, -0.1) is 0 Å². The number of sulfonamides is 1. The van der Waals surface area contributed by atoms with Gasteiger partial charge in [0.05, 0.1) is 27.9 Å². The van der Waals surface area contributed by atoms with Gasteiger partial charge in [-0.25, -0.2) is 13.4 Å². The monoisotopic (exact) mass is 302 g/mol. The smallest absolute Gasteiger partial charge is 0.261 e. The molecule has 0 unspecified atom stereocenters. The molecule has 0 saturated heterocycles. The first-order valence-corrected chi connectivity index (χ1v) is 7.80. The highest BCUT2D eigenvalue weighted by Crippen LogP contribution is 2.20. The van der Waals surface area contributed by atoms with Gasteiger partial charge in [0, 0.05) is 18.9 Å². The summed E-state index contributed by atoms with van der Waals surface area (Å²) >= 11 is 0. The molecule has 108 valence electrons. The molecular formula is C14H14N4O2S. The Morgan fingerprint density at radius 1 is 1.14 bits per heavy atom. The molecule has 0 spiro atoms. The van der Waals surface area contributed by atoms with Crippen LogP contribution in [-0.4, -0.2) is 23.0 Å². The summed E-state index contributed by atoms with van der Waals surface area (Å²) in [5.41, 5.74) is 2.76. The van der Waals surface area contributed by atoms with Gasteiger partial charge in [-0.2, -0.15) is 0 Å². The van der Waals surface area contributed by atoms with E-state index in [2.05, 4.69) is 14.7 Å². The van der Waals surface area contributed by atoms with E-state index in [0.717, 1.165) is 11.2 Å². The molecule has 0 radical (unpaired) electrons. The Hall–Kier alpha value is -2.41. The second-order valence-electron chi connectivity index (χ2n) is 4.80. The van der Waals surface area contributed by atoms with Gasteiger partial charge < -0.3 is 4.57 Å². The second-order valence-corrected chi connectivity index (χ2v) is 6.48. The van der Waals surface area contributed by atoms with Crippen molar-refractivity contribution >= 4 is 26.7 Å². The van der Waals surface area contributed by atoms with Crippen molar-refractivity contribution in [1.29, 1.82) is 0 Å². The number of anilines is 1. The maximum absolute atomic E-state index is 12.4. The van der Waals surface area contributed by atoms with Crippen LogP contribution in [0.1, 0.15) is 5.69 Å². The fourth-order valence-electron chi connectivity index (χ4n) is 2.11. The van der Waals surface area contributed by atoms with Crippen LogP contribution in [0.3, 0.4) is 0 Å². The molecule has 0 aliphatic heterocycles. The lowest BCUT2D eigenvalue weighted by molar-refractivity contribution is 0.601. The Kier molecular flexibility index (Phi) is 3.13. The predicted molar refractivity (Wildman–Crippen MR) is 80.5 cm³/mol. The number of nitrogens with one attached hydrogen (secondary N) is 1. The van der Waals surface area contributed by atoms with E-state index in [0.29, 0.717) is 11.2 Å². The molecule has 0 saturated carbocycles. The molecule has 1 aromatic carbocycles. The van der Waals surface area contributed by atoms with Crippen LogP contribution >= 0.6 is 0 Å². The topological polar surface area (TPSA) is 76.9 Å². The Labute approximate surface area is 122 Å². The first kappa shape index (κ1) is 13.6. The number of aryl methyl sites for hydroxylation is 2. The second kappa shape index (κ2) is 4.85. The molecule has 0 aliphatic rings. The third-order valence-corrected chi connectivity index (χ3v) is 4.54. The standard InChI is InChI=1S/C14H14N4O2S/c1-10-7-11(5-6-15-10)17-21(19,20)12-3-4-14-13(8-12)16-9-18(14)2/h3-9H,1-2H3,(H,15,17). The predicted octanol–water partition coefficient (Wildman–Crippen LogP) is 2.08. The van der Waals surface area contributed by atoms with Gasteiger partial charge in [0.25, 0.3) is 10.0 Å². The number of hydrogen-bond acceptors (Lipinski definition) is 4. The molecule has 3 rings (SSSR count). The summed E-state index contributed by atoms with van der Waals surface area (Å²) in [6.45, 7) is 1.80. The van der Waals surface area contributed by atoms with E-state index in [1.165, 1.54) is 0 Å². The van der Waals surface area contributed by atoms with E-state index in [4.69, 9.17) is 0 Å². The van der Waals surface area contributed by atoms with Crippen molar-refractivity contribution in [2.75, 3.05) is 4.72 Å². The zero-order chi connectivity index (χ0) is 15.0. The largest absolute Gasteiger partial charge is 0.334 e. The molecule has 0 atom stereocenters. The number of aromatic nitrogens is 3. The molecule has 1 N–H and O–H groups in total. The highest BCUT2D eigenvalue weighted by molar-refractivity contribution is 7.92. The Morgan fingerprint density at radius 3 is 2.71 bits per heavy atom. The van der Waals surface area contributed by atoms with E-state index in [9.17, 15) is 8.42 Å². The summed E-state index contributed by atoms with van der Waals surface area (Å²) in [7, 11) is -1.78. The zero-order valence-electron chi connectivity index (χ0n) is 11.6. The Morgan fingerprint density at radius 2 is 1.95 bits per heavy atom. The molecule has 21 heavy (non-hydrogen) atoms. The number of pyridine rings is 1. The van der Waals surface area contributed by atoms with Crippen molar-refractivity contribution in [2.45, 2.75) is 11.8 Å². The van der Waals surface area contributed by atoms with Crippen LogP contribution in [0.25, 0.3) is 11.0 Å². The minimum Gasteiger partial charge on any atom is -0.334 e. The maximum atomic E-state index is 12.4. The van der Waals surface area contributed by atoms with Crippen LogP contribution in [0.15, 0.2) is 47.8 Å². The molecule has 0 bridgehead atoms. The van der Waals surface area contributed by atoms with Gasteiger partial charge in [0.2, 0.25) is 0 Å². The Bertz CT molecular complexity index is 916. The number of fused-ring (bicyclic) bond motifs is 1. The summed E-state index contributed by atoms with van der Waals surface area (Å²) < 4.78 is 29.2. The van der Waals surface area contributed by atoms with E-state index in [1.807, 2.05) is 11.6 Å². The normalized spacial score (nSPS) is 11.7. The average Bonchev–Trinajstić information content (AvgIpc) is 2.79. The maximum Gasteiger partial charge on any atom is 0.261 e. The van der Waals surface area contributed by atoms with E-state index >= 15 is 0 Å². The van der Waals surface area contributed by atoms with Crippen molar-refractivity contribution in [3.05, 3.63) is 48.5 Å². The van der Waals surface area contributed by atoms with E-state index in [1.54, 1.807) is 49.8 Å². The van der Waals surface area contributed by atoms with Crippen LogP contribution in [0.5, 0.6) is 0 Å². The summed E-state index contributed by atoms with van der Waals surface area (Å²) in [5, 5.41) is 0. The number of imidazole rings is 1. The van der Waals surface area contributed by atoms with Gasteiger partial charge >= 0.3 is 0 Å². The quantitative estimate of drug-likeness (QED) is 0.803. The van der Waals surface area contributed by atoms with Crippen LogP contribution in [-0.2, 0) is 17.1 Å². The number of nitrogens with zero attached hydrogens (tertiary/aromatic N) is 3. The molecule has 2 aromatic heterocycles. The lowest BCUT2D eigenvalue weighted by Gasteiger charge is -2.08. The fourth-order valence-corrected chi connectivity index (χ4v) is 3.18. The molecule has 2 heterocycles. The molecule has 3 aromatic rings. The molecule has 6 nitrogen and oxygen atoms in total. The number of hydrogen-bond donors (Lipinski definition) is 1. The van der Waals surface area contributed by atoms with Gasteiger partial charge in [-0.1, -0.05) is 0 Å². The minimum atomic E-state index is -3.64. The van der Waals surface area contributed by atoms with Gasteiger partial charge in [0.1, 0.15) is 0 Å². The van der Waals surface area contributed by atoms with Crippen LogP contribution < -0.4 is 4.72 Å². The van der Waals surface area contributed by atoms with E-state index in [-0.39, 0.29) is 4.90 Å². The first-order valence-electron chi connectivity index (χ1n) is 6.32. The lowest BCUT2D eigenvalue weighted by atomic mass is 10.3. The molecule has 7 heteroatoms. The van der Waals surface area contributed by atoms with Crippen molar-refractivity contribution in [1.82, 2.24) is 14.5 Å². The van der Waals surface area contributed by atoms with Crippen molar-refractivity contribution in [2.24, 2.45) is 7.05 Å². The van der Waals surface area contributed by atoms with Gasteiger partial charge in [-0.3, -0.25) is 9.71 Å². The number of rotatable bonds is 3. The fraction of sp³-hybridized carbons (Fsp3) is 0.143. The third kappa shape index (κ3) is 2.59. The SMILES string of the molecule is Cc1cc(NS(=O)(=O)c2ccc3c(c2)ncn3C)ccn1. The minimum absolute atomic E-state index is 0.183. The number of benzene rings is 1. The third-order valence-electron chi connectivity index (χ3n) is 3.16. The average molecular weight is 302 g/mol. The van der Waals surface area contributed by atoms with Gasteiger partial charge in [0.15, 0.2) is 0 Å². The Balaban J connectivity index is 1.99. The van der Waals surface area contributed by atoms with E-state index < -0.39 is 10.0 Å². The summed E-state index contributed by atoms with van der Waals surface area (Å²) in [5.74, 6) is 0. The summed E-state index contributed by atoms with van der Waals surface area (Å²) in [6.07, 6.45) is 3.22. The first-order chi connectivity index (χ1) is 9.95. The summed E-state index contributed by atoms with van der Waals surface area (Å²) in [6, 6.07) is 8.17. The molecule has 0 aliphatic carbocycles. The van der Waals surface area contributed by atoms with Crippen LogP contribution in [0, 0.1) is 6.92 Å². The summed E-state index contributed by atoms with van der Waals surface area (Å²) in [4.78, 5) is 8.40. The van der Waals surface area contributed by atoms with Crippen molar-refractivity contribution in [3.8, 4) is 0 Å². The molecule has 0 amide bonds. The highest BCUT2D eigenvalue weighted by Gasteiger charge is 2.15. The van der Waals surface area contributed by atoms with Gasteiger partial charge in [-0.05, 0) is 37.3 Å². The zero-order valence-corrected chi connectivity index (χ0v) is 12.4. The van der Waals surface area contributed by atoms with Crippen LogP contribution in [0.4, 0.5) is 5.69 Å². The highest BCUT2D eigenvalue weighted by atomic mass is 32.2. The van der Waals surface area contributed by atoms with Crippen molar-refractivity contribution < 1.29 is 8.42 Å². The lowest BCUT2D eigenvalue weighted by Crippen LogP contribution is -2.13.